The molecule has 1 amide bonds. The second kappa shape index (κ2) is 7.01. The second-order valence-electron chi connectivity index (χ2n) is 6.03. The maximum atomic E-state index is 12.3. The van der Waals surface area contributed by atoms with E-state index in [0.29, 0.717) is 5.16 Å². The Hall–Kier alpha value is -2.40. The van der Waals surface area contributed by atoms with Crippen LogP contribution in [0.4, 0.5) is 0 Å². The highest BCUT2D eigenvalue weighted by atomic mass is 32.2. The Morgan fingerprint density at radius 2 is 2.00 bits per heavy atom. The summed E-state index contributed by atoms with van der Waals surface area (Å²) in [6.07, 6.45) is 0. The van der Waals surface area contributed by atoms with Crippen LogP contribution in [0.5, 0.6) is 0 Å². The average molecular weight is 344 g/mol. The topological polar surface area (TPSA) is 87.7 Å². The Balaban J connectivity index is 2.18. The van der Waals surface area contributed by atoms with E-state index >= 15 is 0 Å². The minimum atomic E-state index is -0.851. The number of carbonyl (C=O) groups is 1. The first kappa shape index (κ1) is 17.9. The highest BCUT2D eigenvalue weighted by Gasteiger charge is 2.27. The van der Waals surface area contributed by atoms with Crippen molar-refractivity contribution in [1.82, 2.24) is 25.1 Å². The zero-order chi connectivity index (χ0) is 17.9. The van der Waals surface area contributed by atoms with Gasteiger partial charge in [0.1, 0.15) is 5.54 Å². The fourth-order valence-electron chi connectivity index (χ4n) is 2.16. The van der Waals surface area contributed by atoms with Crippen LogP contribution in [-0.4, -0.2) is 49.4 Å². The van der Waals surface area contributed by atoms with Crippen LogP contribution in [0.1, 0.15) is 25.0 Å². The molecule has 126 valence electrons. The molecular weight excluding hydrogens is 324 g/mol. The summed E-state index contributed by atoms with van der Waals surface area (Å²) in [5, 5.41) is 21.5. The molecule has 1 aromatic carbocycles. The number of carbonyl (C=O) groups excluding carboxylic acids is 1. The van der Waals surface area contributed by atoms with Crippen molar-refractivity contribution < 1.29 is 4.79 Å². The Morgan fingerprint density at radius 3 is 2.58 bits per heavy atom. The molecule has 0 saturated heterocycles. The molecule has 24 heavy (non-hydrogen) atoms. The fourth-order valence-corrected chi connectivity index (χ4v) is 2.95. The molecule has 2 aromatic rings. The van der Waals surface area contributed by atoms with Crippen molar-refractivity contribution in [2.24, 2.45) is 0 Å². The van der Waals surface area contributed by atoms with E-state index < -0.39 is 5.54 Å². The summed E-state index contributed by atoms with van der Waals surface area (Å²) in [6.45, 7) is 7.40. The van der Waals surface area contributed by atoms with Gasteiger partial charge < -0.3 is 4.90 Å². The van der Waals surface area contributed by atoms with Gasteiger partial charge in [-0.05, 0) is 49.2 Å². The van der Waals surface area contributed by atoms with Crippen LogP contribution in [0.2, 0.25) is 0 Å². The SMILES string of the molecule is Cc1cccc(C)c1-n1nnnc1SCC(=O)N(C)C(C)(C)C#N. The first-order valence-electron chi connectivity index (χ1n) is 7.43. The number of hydrogen-bond donors (Lipinski definition) is 0. The number of aromatic nitrogens is 4. The van der Waals surface area contributed by atoms with E-state index in [4.69, 9.17) is 5.26 Å². The fraction of sp³-hybridized carbons (Fsp3) is 0.438. The maximum Gasteiger partial charge on any atom is 0.234 e. The Morgan fingerprint density at radius 1 is 1.38 bits per heavy atom. The quantitative estimate of drug-likeness (QED) is 0.772. The molecule has 0 spiro atoms. The van der Waals surface area contributed by atoms with Crippen molar-refractivity contribution in [2.75, 3.05) is 12.8 Å². The number of nitrogens with zero attached hydrogens (tertiary/aromatic N) is 6. The molecule has 2 rings (SSSR count). The lowest BCUT2D eigenvalue weighted by Gasteiger charge is -2.28. The molecule has 1 heterocycles. The van der Waals surface area contributed by atoms with E-state index in [1.807, 2.05) is 32.0 Å². The van der Waals surface area contributed by atoms with E-state index in [2.05, 4.69) is 21.6 Å². The number of thioether (sulfide) groups is 1. The smallest absolute Gasteiger partial charge is 0.234 e. The van der Waals surface area contributed by atoms with Gasteiger partial charge in [0.25, 0.3) is 0 Å². The van der Waals surface area contributed by atoms with Gasteiger partial charge >= 0.3 is 0 Å². The van der Waals surface area contributed by atoms with Crippen LogP contribution in [-0.2, 0) is 4.79 Å². The molecule has 0 saturated carbocycles. The van der Waals surface area contributed by atoms with Gasteiger partial charge in [-0.25, -0.2) is 0 Å². The number of hydrogen-bond acceptors (Lipinski definition) is 6. The normalized spacial score (nSPS) is 11.2. The lowest BCUT2D eigenvalue weighted by Crippen LogP contribution is -2.44. The third-order valence-electron chi connectivity index (χ3n) is 3.90. The van der Waals surface area contributed by atoms with Crippen molar-refractivity contribution in [2.45, 2.75) is 38.4 Å². The largest absolute Gasteiger partial charge is 0.327 e. The van der Waals surface area contributed by atoms with E-state index in [-0.39, 0.29) is 11.7 Å². The number of aryl methyl sites for hydroxylation is 2. The number of rotatable bonds is 5. The van der Waals surface area contributed by atoms with Gasteiger partial charge in [-0.2, -0.15) is 9.94 Å². The first-order chi connectivity index (χ1) is 11.3. The van der Waals surface area contributed by atoms with Crippen LogP contribution >= 0.6 is 11.8 Å². The predicted molar refractivity (Wildman–Crippen MR) is 91.8 cm³/mol. The molecule has 1 aromatic heterocycles. The van der Waals surface area contributed by atoms with Crippen molar-refractivity contribution >= 4 is 17.7 Å². The second-order valence-corrected chi connectivity index (χ2v) is 6.97. The molecule has 0 atom stereocenters. The van der Waals surface area contributed by atoms with Crippen molar-refractivity contribution in [1.29, 1.82) is 5.26 Å². The number of benzene rings is 1. The summed E-state index contributed by atoms with van der Waals surface area (Å²) in [5.74, 6) is 0.00927. The van der Waals surface area contributed by atoms with Crippen molar-refractivity contribution in [3.05, 3.63) is 29.3 Å². The molecule has 7 nitrogen and oxygen atoms in total. The van der Waals surface area contributed by atoms with Gasteiger partial charge in [0, 0.05) is 7.05 Å². The average Bonchev–Trinajstić information content (AvgIpc) is 2.99. The number of para-hydroxylation sites is 1. The summed E-state index contributed by atoms with van der Waals surface area (Å²) < 4.78 is 1.65. The van der Waals surface area contributed by atoms with Crippen molar-refractivity contribution in [3.63, 3.8) is 0 Å². The van der Waals surface area contributed by atoms with Crippen LogP contribution in [0.15, 0.2) is 23.4 Å². The Kier molecular flexibility index (Phi) is 5.24. The molecule has 8 heteroatoms. The van der Waals surface area contributed by atoms with Gasteiger partial charge in [0.2, 0.25) is 11.1 Å². The zero-order valence-corrected chi connectivity index (χ0v) is 15.3. The lowest BCUT2D eigenvalue weighted by atomic mass is 10.1. The van der Waals surface area contributed by atoms with Gasteiger partial charge in [-0.15, -0.1) is 5.10 Å². The van der Waals surface area contributed by atoms with Crippen LogP contribution < -0.4 is 0 Å². The zero-order valence-electron chi connectivity index (χ0n) is 14.4. The first-order valence-corrected chi connectivity index (χ1v) is 8.42. The van der Waals surface area contributed by atoms with Gasteiger partial charge in [-0.1, -0.05) is 30.0 Å². The standard InChI is InChI=1S/C16H20N6OS/c1-11-7-6-8-12(2)14(11)22-15(18-19-20-22)24-9-13(23)21(5)16(3,4)10-17/h6-8H,9H2,1-5H3. The number of nitriles is 1. The van der Waals surface area contributed by atoms with E-state index in [1.54, 1.807) is 25.6 Å². The minimum Gasteiger partial charge on any atom is -0.327 e. The van der Waals surface area contributed by atoms with Crippen LogP contribution in [0.25, 0.3) is 5.69 Å². The van der Waals surface area contributed by atoms with Gasteiger partial charge in [-0.3, -0.25) is 4.79 Å². The Labute approximate surface area is 145 Å². The third-order valence-corrected chi connectivity index (χ3v) is 4.81. The van der Waals surface area contributed by atoms with E-state index in [0.717, 1.165) is 16.8 Å². The Bertz CT molecular complexity index is 772. The van der Waals surface area contributed by atoms with Crippen LogP contribution in [0, 0.1) is 25.2 Å². The summed E-state index contributed by atoms with van der Waals surface area (Å²) in [6, 6.07) is 8.08. The molecular formula is C16H20N6OS. The molecule has 0 radical (unpaired) electrons. The third kappa shape index (κ3) is 3.57. The predicted octanol–water partition coefficient (Wildman–Crippen LogP) is 2.13. The summed E-state index contributed by atoms with van der Waals surface area (Å²) >= 11 is 1.26. The monoisotopic (exact) mass is 344 g/mol. The van der Waals surface area contributed by atoms with E-state index in [9.17, 15) is 4.79 Å². The molecule has 0 bridgehead atoms. The van der Waals surface area contributed by atoms with Crippen LogP contribution in [0.3, 0.4) is 0 Å². The molecule has 0 N–H and O–H groups in total. The van der Waals surface area contributed by atoms with Gasteiger partial charge in [0.15, 0.2) is 0 Å². The molecule has 0 fully saturated rings. The summed E-state index contributed by atoms with van der Waals surface area (Å²) in [7, 11) is 1.63. The molecule has 0 aliphatic carbocycles. The van der Waals surface area contributed by atoms with Crippen molar-refractivity contribution in [3.8, 4) is 11.8 Å². The highest BCUT2D eigenvalue weighted by Crippen LogP contribution is 2.24. The number of tetrazole rings is 1. The lowest BCUT2D eigenvalue weighted by molar-refractivity contribution is -0.130. The van der Waals surface area contributed by atoms with E-state index in [1.165, 1.54) is 16.7 Å². The molecule has 0 aliphatic rings. The maximum absolute atomic E-state index is 12.3. The van der Waals surface area contributed by atoms with Gasteiger partial charge in [0.05, 0.1) is 17.5 Å². The summed E-state index contributed by atoms with van der Waals surface area (Å²) in [5.41, 5.74) is 2.18. The highest BCUT2D eigenvalue weighted by molar-refractivity contribution is 7.99. The molecule has 0 unspecified atom stereocenters. The molecule has 0 aliphatic heterocycles. The summed E-state index contributed by atoms with van der Waals surface area (Å²) in [4.78, 5) is 13.7. The number of amides is 1. The minimum absolute atomic E-state index is 0.150.